The first-order valence-electron chi connectivity index (χ1n) is 8.42. The molecule has 8 nitrogen and oxygen atoms in total. The van der Waals surface area contributed by atoms with Crippen LogP contribution in [0.1, 0.15) is 11.1 Å². The van der Waals surface area contributed by atoms with Gasteiger partial charge in [0.25, 0.3) is 0 Å². The molecule has 1 aromatic carbocycles. The summed E-state index contributed by atoms with van der Waals surface area (Å²) in [6.45, 7) is -0.236. The lowest BCUT2D eigenvalue weighted by Crippen LogP contribution is -2.08. The predicted molar refractivity (Wildman–Crippen MR) is 104 cm³/mol. The van der Waals surface area contributed by atoms with Crippen molar-refractivity contribution in [2.24, 2.45) is 0 Å². The highest BCUT2D eigenvalue weighted by Gasteiger charge is 2.15. The number of carboxylic acids is 1. The maximum atomic E-state index is 10.9. The molecule has 0 saturated heterocycles. The van der Waals surface area contributed by atoms with Crippen LogP contribution in [0.2, 0.25) is 0 Å². The van der Waals surface area contributed by atoms with E-state index in [1.165, 1.54) is 22.6 Å². The van der Waals surface area contributed by atoms with Crippen LogP contribution < -0.4 is 0 Å². The second kappa shape index (κ2) is 7.50. The van der Waals surface area contributed by atoms with Gasteiger partial charge >= 0.3 is 5.97 Å². The summed E-state index contributed by atoms with van der Waals surface area (Å²) in [5.41, 5.74) is 3.09. The molecule has 140 valence electrons. The molecule has 0 unspecified atom stereocenters. The van der Waals surface area contributed by atoms with Crippen molar-refractivity contribution in [1.82, 2.24) is 19.4 Å². The minimum atomic E-state index is -0.981. The Hall–Kier alpha value is -4.08. The topological polar surface area (TPSA) is 120 Å². The van der Waals surface area contributed by atoms with E-state index in [4.69, 9.17) is 5.11 Å². The molecule has 9 heteroatoms. The first kappa shape index (κ1) is 18.3. The van der Waals surface area contributed by atoms with Gasteiger partial charge in [0.15, 0.2) is 0 Å². The van der Waals surface area contributed by atoms with Crippen LogP contribution >= 0.6 is 11.8 Å². The van der Waals surface area contributed by atoms with Gasteiger partial charge in [-0.25, -0.2) is 4.52 Å². The summed E-state index contributed by atoms with van der Waals surface area (Å²) in [5, 5.41) is 36.1. The van der Waals surface area contributed by atoms with Crippen molar-refractivity contribution in [2.75, 3.05) is 0 Å². The van der Waals surface area contributed by atoms with E-state index in [1.54, 1.807) is 35.2 Å². The number of benzene rings is 1. The van der Waals surface area contributed by atoms with Crippen molar-refractivity contribution >= 4 is 23.2 Å². The van der Waals surface area contributed by atoms with E-state index in [-0.39, 0.29) is 6.54 Å². The number of nitrogens with zero attached hydrogens (tertiary/aromatic N) is 6. The molecule has 0 aliphatic carbocycles. The molecule has 0 radical (unpaired) electrons. The molecule has 3 heterocycles. The van der Waals surface area contributed by atoms with E-state index in [2.05, 4.69) is 22.3 Å². The summed E-state index contributed by atoms with van der Waals surface area (Å²) in [6, 6.07) is 13.4. The summed E-state index contributed by atoms with van der Waals surface area (Å²) < 4.78 is 2.95. The van der Waals surface area contributed by atoms with Gasteiger partial charge in [-0.3, -0.25) is 9.48 Å². The van der Waals surface area contributed by atoms with E-state index < -0.39 is 5.97 Å². The quantitative estimate of drug-likeness (QED) is 0.546. The number of carboxylic acid groups (broad SMARTS) is 1. The molecule has 0 amide bonds. The lowest BCUT2D eigenvalue weighted by Gasteiger charge is -2.09. The highest BCUT2D eigenvalue weighted by Crippen LogP contribution is 2.36. The fourth-order valence-corrected chi connectivity index (χ4v) is 4.00. The molecule has 0 aliphatic rings. The van der Waals surface area contributed by atoms with Gasteiger partial charge in [0, 0.05) is 33.3 Å². The Morgan fingerprint density at radius 2 is 1.83 bits per heavy atom. The van der Waals surface area contributed by atoms with Crippen LogP contribution in [-0.4, -0.2) is 30.5 Å². The maximum absolute atomic E-state index is 10.9. The normalized spacial score (nSPS) is 10.6. The molecule has 0 aliphatic heterocycles. The molecule has 0 spiro atoms. The summed E-state index contributed by atoms with van der Waals surface area (Å²) in [5.74, 6) is -0.981. The average Bonchev–Trinajstić information content (AvgIpc) is 3.34. The van der Waals surface area contributed by atoms with Crippen molar-refractivity contribution < 1.29 is 9.90 Å². The van der Waals surface area contributed by atoms with E-state index in [1.807, 2.05) is 18.2 Å². The largest absolute Gasteiger partial charge is 0.480 e. The first-order chi connectivity index (χ1) is 14.1. The number of hydrogen-bond donors (Lipinski definition) is 1. The molecule has 29 heavy (non-hydrogen) atoms. The van der Waals surface area contributed by atoms with Crippen molar-refractivity contribution in [2.45, 2.75) is 16.3 Å². The van der Waals surface area contributed by atoms with Gasteiger partial charge in [0.1, 0.15) is 18.7 Å². The Labute approximate surface area is 169 Å². The standard InChI is InChI=1S/C20H12N6O2S/c21-6-13-3-1-2-4-17(13)29-18-5-14(11-26-20(18)15(7-22)8-24-26)16-9-23-25(10-16)12-19(27)28/h1-5,8-11H,12H2,(H,27,28). The molecule has 3 aromatic heterocycles. The predicted octanol–water partition coefficient (Wildman–Crippen LogP) is 3.18. The van der Waals surface area contributed by atoms with E-state index in [9.17, 15) is 15.3 Å². The van der Waals surface area contributed by atoms with Crippen molar-refractivity contribution in [3.8, 4) is 23.3 Å². The molecule has 4 aromatic rings. The van der Waals surface area contributed by atoms with E-state index in [0.29, 0.717) is 16.6 Å². The number of nitriles is 2. The van der Waals surface area contributed by atoms with Gasteiger partial charge in [-0.15, -0.1) is 0 Å². The number of aromatic nitrogens is 4. The van der Waals surface area contributed by atoms with Gasteiger partial charge in [-0.05, 0) is 18.2 Å². The third-order valence-electron chi connectivity index (χ3n) is 4.19. The van der Waals surface area contributed by atoms with Gasteiger partial charge in [0.05, 0.1) is 29.0 Å². The van der Waals surface area contributed by atoms with Crippen LogP contribution in [0.3, 0.4) is 0 Å². The fraction of sp³-hybridized carbons (Fsp3) is 0.0500. The van der Waals surface area contributed by atoms with Gasteiger partial charge in [-0.2, -0.15) is 20.7 Å². The van der Waals surface area contributed by atoms with E-state index >= 15 is 0 Å². The minimum absolute atomic E-state index is 0.236. The summed E-state index contributed by atoms with van der Waals surface area (Å²) >= 11 is 1.37. The Kier molecular flexibility index (Phi) is 4.73. The summed E-state index contributed by atoms with van der Waals surface area (Å²) in [4.78, 5) is 12.4. The van der Waals surface area contributed by atoms with E-state index in [0.717, 1.165) is 20.9 Å². The zero-order valence-corrected chi connectivity index (χ0v) is 15.7. The average molecular weight is 400 g/mol. The van der Waals surface area contributed by atoms with Gasteiger partial charge in [-0.1, -0.05) is 23.9 Å². The molecule has 0 fully saturated rings. The monoisotopic (exact) mass is 400 g/mol. The molecule has 1 N–H and O–H groups in total. The summed E-state index contributed by atoms with van der Waals surface area (Å²) in [7, 11) is 0. The molecule has 4 rings (SSSR count). The van der Waals surface area contributed by atoms with Crippen LogP contribution in [-0.2, 0) is 11.3 Å². The summed E-state index contributed by atoms with van der Waals surface area (Å²) in [6.07, 6.45) is 6.48. The number of aliphatic carboxylic acids is 1. The Morgan fingerprint density at radius 1 is 1.03 bits per heavy atom. The zero-order chi connectivity index (χ0) is 20.4. The molecular formula is C20H12N6O2S. The third kappa shape index (κ3) is 3.55. The molecular weight excluding hydrogens is 388 g/mol. The third-order valence-corrected chi connectivity index (χ3v) is 5.30. The minimum Gasteiger partial charge on any atom is -0.480 e. The zero-order valence-electron chi connectivity index (χ0n) is 14.9. The van der Waals surface area contributed by atoms with Crippen molar-refractivity contribution in [3.63, 3.8) is 0 Å². The number of carbonyl (C=O) groups is 1. The lowest BCUT2D eigenvalue weighted by molar-refractivity contribution is -0.137. The van der Waals surface area contributed by atoms with Crippen LogP contribution in [0.4, 0.5) is 0 Å². The maximum Gasteiger partial charge on any atom is 0.325 e. The lowest BCUT2D eigenvalue weighted by atomic mass is 10.1. The number of rotatable bonds is 5. The number of fused-ring (bicyclic) bond motifs is 1. The van der Waals surface area contributed by atoms with Gasteiger partial charge < -0.3 is 5.11 Å². The second-order valence-electron chi connectivity index (χ2n) is 6.09. The smallest absolute Gasteiger partial charge is 0.325 e. The number of pyridine rings is 1. The fourth-order valence-electron chi connectivity index (χ4n) is 2.91. The van der Waals surface area contributed by atoms with Crippen molar-refractivity contribution in [1.29, 1.82) is 10.5 Å². The van der Waals surface area contributed by atoms with Crippen LogP contribution in [0.15, 0.2) is 64.9 Å². The molecule has 0 bridgehead atoms. The highest BCUT2D eigenvalue weighted by atomic mass is 32.2. The van der Waals surface area contributed by atoms with Crippen LogP contribution in [0, 0.1) is 22.7 Å². The van der Waals surface area contributed by atoms with Crippen LogP contribution in [0.25, 0.3) is 16.6 Å². The number of hydrogen-bond acceptors (Lipinski definition) is 6. The molecule has 0 saturated carbocycles. The molecule has 0 atom stereocenters. The van der Waals surface area contributed by atoms with Crippen molar-refractivity contribution in [3.05, 3.63) is 66.2 Å². The Morgan fingerprint density at radius 3 is 2.59 bits per heavy atom. The first-order valence-corrected chi connectivity index (χ1v) is 9.24. The van der Waals surface area contributed by atoms with Gasteiger partial charge in [0.2, 0.25) is 0 Å². The Balaban J connectivity index is 1.85. The highest BCUT2D eigenvalue weighted by molar-refractivity contribution is 7.99. The second-order valence-corrected chi connectivity index (χ2v) is 7.17. The Bertz CT molecular complexity index is 1320. The SMILES string of the molecule is N#Cc1ccccc1Sc1cc(-c2cnn(CC(=O)O)c2)cn2ncc(C#N)c12. The van der Waals surface area contributed by atoms with Crippen LogP contribution in [0.5, 0.6) is 0 Å².